The van der Waals surface area contributed by atoms with Gasteiger partial charge in [0.25, 0.3) is 0 Å². The van der Waals surface area contributed by atoms with Gasteiger partial charge in [-0.1, -0.05) is 0 Å². The maximum absolute atomic E-state index is 11.8. The topological polar surface area (TPSA) is 87.5 Å². The first kappa shape index (κ1) is 14.2. The number of carbonyl (C=O) groups excluding carboxylic acids is 2. The SMILES string of the molecule is Nc1ccc(NC(=O)NCCC(=O)N2CCCC2)cc1. The number of hydrogen-bond donors (Lipinski definition) is 3. The second-order valence-corrected chi connectivity index (χ2v) is 4.84. The number of benzene rings is 1. The van der Waals surface area contributed by atoms with E-state index in [0.717, 1.165) is 25.9 Å². The number of likely N-dealkylation sites (tertiary alicyclic amines) is 1. The van der Waals surface area contributed by atoms with Crippen LogP contribution in [-0.4, -0.2) is 36.5 Å². The van der Waals surface area contributed by atoms with Crippen molar-refractivity contribution < 1.29 is 9.59 Å². The lowest BCUT2D eigenvalue weighted by Crippen LogP contribution is -2.34. The highest BCUT2D eigenvalue weighted by Crippen LogP contribution is 2.10. The summed E-state index contributed by atoms with van der Waals surface area (Å²) in [7, 11) is 0. The predicted molar refractivity (Wildman–Crippen MR) is 78.3 cm³/mol. The van der Waals surface area contributed by atoms with Crippen LogP contribution in [0.15, 0.2) is 24.3 Å². The van der Waals surface area contributed by atoms with Gasteiger partial charge in [0, 0.05) is 37.4 Å². The Balaban J connectivity index is 1.67. The fraction of sp³-hybridized carbons (Fsp3) is 0.429. The van der Waals surface area contributed by atoms with Crippen molar-refractivity contribution in [2.75, 3.05) is 30.7 Å². The summed E-state index contributed by atoms with van der Waals surface area (Å²) in [6.07, 6.45) is 2.50. The van der Waals surface area contributed by atoms with Crippen LogP contribution in [-0.2, 0) is 4.79 Å². The number of nitrogen functional groups attached to an aromatic ring is 1. The second-order valence-electron chi connectivity index (χ2n) is 4.84. The average molecular weight is 276 g/mol. The van der Waals surface area contributed by atoms with Crippen LogP contribution in [0.3, 0.4) is 0 Å². The van der Waals surface area contributed by atoms with Gasteiger partial charge in [0.15, 0.2) is 0 Å². The van der Waals surface area contributed by atoms with Crippen LogP contribution in [0.2, 0.25) is 0 Å². The summed E-state index contributed by atoms with van der Waals surface area (Å²) in [5.41, 5.74) is 6.87. The van der Waals surface area contributed by atoms with Crippen molar-refractivity contribution in [3.8, 4) is 0 Å². The Morgan fingerprint density at radius 1 is 1.15 bits per heavy atom. The van der Waals surface area contributed by atoms with E-state index in [2.05, 4.69) is 10.6 Å². The Hall–Kier alpha value is -2.24. The third-order valence-electron chi connectivity index (χ3n) is 3.25. The number of hydrogen-bond acceptors (Lipinski definition) is 3. The van der Waals surface area contributed by atoms with Crippen LogP contribution < -0.4 is 16.4 Å². The number of nitrogens with zero attached hydrogens (tertiary/aromatic N) is 1. The zero-order valence-corrected chi connectivity index (χ0v) is 11.4. The van der Waals surface area contributed by atoms with Gasteiger partial charge in [0.1, 0.15) is 0 Å². The van der Waals surface area contributed by atoms with E-state index < -0.39 is 0 Å². The molecule has 4 N–H and O–H groups in total. The molecule has 0 radical (unpaired) electrons. The van der Waals surface area contributed by atoms with Crippen molar-refractivity contribution in [3.63, 3.8) is 0 Å². The number of anilines is 2. The molecule has 1 aromatic carbocycles. The summed E-state index contributed by atoms with van der Waals surface area (Å²) in [4.78, 5) is 25.2. The van der Waals surface area contributed by atoms with E-state index in [-0.39, 0.29) is 11.9 Å². The molecule has 1 heterocycles. The molecule has 0 aromatic heterocycles. The number of urea groups is 1. The molecule has 2 rings (SSSR count). The van der Waals surface area contributed by atoms with Gasteiger partial charge in [-0.2, -0.15) is 0 Å². The normalized spacial score (nSPS) is 14.1. The second kappa shape index (κ2) is 6.79. The standard InChI is InChI=1S/C14H20N4O2/c15-11-3-5-12(6-4-11)17-14(20)16-8-7-13(19)18-9-1-2-10-18/h3-6H,1-2,7-10,15H2,(H2,16,17,20). The molecule has 0 atom stereocenters. The van der Waals surface area contributed by atoms with Crippen molar-refractivity contribution in [3.05, 3.63) is 24.3 Å². The molecule has 20 heavy (non-hydrogen) atoms. The Morgan fingerprint density at radius 3 is 2.45 bits per heavy atom. The minimum absolute atomic E-state index is 0.107. The first-order valence-corrected chi connectivity index (χ1v) is 6.83. The molecular formula is C14H20N4O2. The molecule has 1 fully saturated rings. The highest BCUT2D eigenvalue weighted by molar-refractivity contribution is 5.89. The van der Waals surface area contributed by atoms with E-state index >= 15 is 0 Å². The monoisotopic (exact) mass is 276 g/mol. The molecule has 1 aliphatic heterocycles. The van der Waals surface area contributed by atoms with Gasteiger partial charge >= 0.3 is 6.03 Å². The van der Waals surface area contributed by atoms with Crippen LogP contribution in [0.25, 0.3) is 0 Å². The average Bonchev–Trinajstić information content (AvgIpc) is 2.95. The number of amides is 3. The van der Waals surface area contributed by atoms with Gasteiger partial charge < -0.3 is 21.3 Å². The molecule has 0 bridgehead atoms. The van der Waals surface area contributed by atoms with Gasteiger partial charge in [0.05, 0.1) is 0 Å². The molecule has 108 valence electrons. The lowest BCUT2D eigenvalue weighted by atomic mass is 10.3. The smallest absolute Gasteiger partial charge is 0.319 e. The summed E-state index contributed by atoms with van der Waals surface area (Å²) in [5.74, 6) is 0.107. The fourth-order valence-electron chi connectivity index (χ4n) is 2.15. The zero-order valence-electron chi connectivity index (χ0n) is 11.4. The van der Waals surface area contributed by atoms with Crippen molar-refractivity contribution in [1.29, 1.82) is 0 Å². The fourth-order valence-corrected chi connectivity index (χ4v) is 2.15. The Bertz CT molecular complexity index is 467. The Morgan fingerprint density at radius 2 is 1.80 bits per heavy atom. The molecule has 0 spiro atoms. The third kappa shape index (κ3) is 4.15. The molecular weight excluding hydrogens is 256 g/mol. The van der Waals surface area contributed by atoms with E-state index in [1.807, 2.05) is 4.90 Å². The molecule has 0 saturated carbocycles. The highest BCUT2D eigenvalue weighted by Gasteiger charge is 2.17. The van der Waals surface area contributed by atoms with Gasteiger partial charge in [-0.3, -0.25) is 4.79 Å². The van der Waals surface area contributed by atoms with Gasteiger partial charge in [-0.05, 0) is 37.1 Å². The highest BCUT2D eigenvalue weighted by atomic mass is 16.2. The Kier molecular flexibility index (Phi) is 4.81. The van der Waals surface area contributed by atoms with Crippen LogP contribution >= 0.6 is 0 Å². The summed E-state index contributed by atoms with van der Waals surface area (Å²) < 4.78 is 0. The minimum Gasteiger partial charge on any atom is -0.399 e. The van der Waals surface area contributed by atoms with Crippen molar-refractivity contribution >= 4 is 23.3 Å². The molecule has 0 unspecified atom stereocenters. The van der Waals surface area contributed by atoms with Crippen LogP contribution in [0.5, 0.6) is 0 Å². The molecule has 6 nitrogen and oxygen atoms in total. The van der Waals surface area contributed by atoms with Crippen LogP contribution in [0, 0.1) is 0 Å². The maximum Gasteiger partial charge on any atom is 0.319 e. The first-order chi connectivity index (χ1) is 9.65. The van der Waals surface area contributed by atoms with Gasteiger partial charge in [0.2, 0.25) is 5.91 Å². The van der Waals surface area contributed by atoms with E-state index in [9.17, 15) is 9.59 Å². The summed E-state index contributed by atoms with van der Waals surface area (Å²) in [6, 6.07) is 6.57. The lowest BCUT2D eigenvalue weighted by Gasteiger charge is -2.15. The van der Waals surface area contributed by atoms with Crippen LogP contribution in [0.4, 0.5) is 16.2 Å². The van der Waals surface area contributed by atoms with Crippen molar-refractivity contribution in [2.45, 2.75) is 19.3 Å². The maximum atomic E-state index is 11.8. The van der Waals surface area contributed by atoms with E-state index in [4.69, 9.17) is 5.73 Å². The van der Waals surface area contributed by atoms with E-state index in [1.54, 1.807) is 24.3 Å². The molecule has 6 heteroatoms. The number of nitrogens with two attached hydrogens (primary N) is 1. The molecule has 1 aliphatic rings. The Labute approximate surface area is 118 Å². The van der Waals surface area contributed by atoms with Gasteiger partial charge in [-0.25, -0.2) is 4.79 Å². The molecule has 0 aliphatic carbocycles. The van der Waals surface area contributed by atoms with Crippen LogP contribution in [0.1, 0.15) is 19.3 Å². The number of rotatable bonds is 4. The minimum atomic E-state index is -0.316. The van der Waals surface area contributed by atoms with E-state index in [1.165, 1.54) is 0 Å². The summed E-state index contributed by atoms with van der Waals surface area (Å²) in [6.45, 7) is 2.03. The summed E-state index contributed by atoms with van der Waals surface area (Å²) in [5, 5.41) is 5.35. The van der Waals surface area contributed by atoms with E-state index in [0.29, 0.717) is 24.3 Å². The quantitative estimate of drug-likeness (QED) is 0.726. The van der Waals surface area contributed by atoms with Crippen molar-refractivity contribution in [1.82, 2.24) is 10.2 Å². The van der Waals surface area contributed by atoms with Gasteiger partial charge in [-0.15, -0.1) is 0 Å². The third-order valence-corrected chi connectivity index (χ3v) is 3.25. The molecule has 1 saturated heterocycles. The largest absolute Gasteiger partial charge is 0.399 e. The lowest BCUT2D eigenvalue weighted by molar-refractivity contribution is -0.129. The molecule has 1 aromatic rings. The summed E-state index contributed by atoms with van der Waals surface area (Å²) >= 11 is 0. The first-order valence-electron chi connectivity index (χ1n) is 6.83. The molecule has 3 amide bonds. The number of carbonyl (C=O) groups is 2. The predicted octanol–water partition coefficient (Wildman–Crippen LogP) is 1.40. The number of nitrogens with one attached hydrogen (secondary N) is 2. The van der Waals surface area contributed by atoms with Crippen molar-refractivity contribution in [2.24, 2.45) is 0 Å². The zero-order chi connectivity index (χ0) is 14.4.